The number of amides is 1. The van der Waals surface area contributed by atoms with E-state index in [1.807, 2.05) is 13.8 Å². The average molecular weight is 357 g/mol. The van der Waals surface area contributed by atoms with Crippen LogP contribution in [-0.4, -0.2) is 63.5 Å². The molecular weight excluding hydrogens is 327 g/mol. The molecule has 22 heavy (non-hydrogen) atoms. The predicted octanol–water partition coefficient (Wildman–Crippen LogP) is -0.975. The Hall–Kier alpha value is -0.390. The van der Waals surface area contributed by atoms with E-state index in [1.54, 1.807) is 0 Å². The number of carbonyl (C=O) groups is 1. The highest BCUT2D eigenvalue weighted by Gasteiger charge is 2.28. The molecule has 0 rings (SSSR count). The molecule has 0 bridgehead atoms. The molecule has 0 heterocycles. The standard InChI is InChI=1S/C14H29N2O4P.ClH/c1-6-14(17)15-10-9-11-16(4,5)12-13-21(18,19-7-2)20-8-3;/h6H,1,7-13H2,2-5H3;1H. The van der Waals surface area contributed by atoms with Crippen molar-refractivity contribution in [1.82, 2.24) is 5.32 Å². The third-order valence-corrected chi connectivity index (χ3v) is 5.11. The van der Waals surface area contributed by atoms with E-state index >= 15 is 0 Å². The molecule has 0 saturated heterocycles. The van der Waals surface area contributed by atoms with Crippen molar-refractivity contribution in [2.75, 3.05) is 53.1 Å². The zero-order valence-electron chi connectivity index (χ0n) is 14.1. The van der Waals surface area contributed by atoms with Crippen LogP contribution in [0.25, 0.3) is 0 Å². The number of nitrogens with zero attached hydrogens (tertiary/aromatic N) is 1. The van der Waals surface area contributed by atoms with Gasteiger partial charge in [0.2, 0.25) is 5.91 Å². The molecule has 8 heteroatoms. The molecule has 0 aromatic rings. The van der Waals surface area contributed by atoms with Gasteiger partial charge in [0.05, 0.1) is 46.6 Å². The normalized spacial score (nSPS) is 11.6. The zero-order valence-corrected chi connectivity index (χ0v) is 15.8. The highest BCUT2D eigenvalue weighted by molar-refractivity contribution is 7.53. The quantitative estimate of drug-likeness (QED) is 0.211. The van der Waals surface area contributed by atoms with Crippen molar-refractivity contribution in [2.24, 2.45) is 0 Å². The third-order valence-electron chi connectivity index (χ3n) is 3.06. The Morgan fingerprint density at radius 1 is 1.23 bits per heavy atom. The van der Waals surface area contributed by atoms with Crippen LogP contribution in [0, 0.1) is 0 Å². The van der Waals surface area contributed by atoms with Gasteiger partial charge >= 0.3 is 7.60 Å². The fraction of sp³-hybridized carbons (Fsp3) is 0.786. The van der Waals surface area contributed by atoms with Crippen molar-refractivity contribution >= 4 is 13.5 Å². The van der Waals surface area contributed by atoms with Gasteiger partial charge in [-0.25, -0.2) is 0 Å². The summed E-state index contributed by atoms with van der Waals surface area (Å²) < 4.78 is 23.7. The number of halogens is 1. The Morgan fingerprint density at radius 2 is 1.77 bits per heavy atom. The van der Waals surface area contributed by atoms with Crippen molar-refractivity contribution in [3.8, 4) is 0 Å². The highest BCUT2D eigenvalue weighted by Crippen LogP contribution is 2.47. The summed E-state index contributed by atoms with van der Waals surface area (Å²) in [4.78, 5) is 11.0. The Bertz CT molecular complexity index is 368. The van der Waals surface area contributed by atoms with Crippen LogP contribution in [0.15, 0.2) is 12.7 Å². The maximum absolute atomic E-state index is 12.4. The Morgan fingerprint density at radius 3 is 2.23 bits per heavy atom. The van der Waals surface area contributed by atoms with Gasteiger partial charge in [0, 0.05) is 13.0 Å². The minimum absolute atomic E-state index is 0. The topological polar surface area (TPSA) is 64.6 Å². The lowest BCUT2D eigenvalue weighted by molar-refractivity contribution is -0.888. The van der Waals surface area contributed by atoms with Crippen molar-refractivity contribution in [3.63, 3.8) is 0 Å². The number of rotatable bonds is 12. The maximum atomic E-state index is 12.4. The van der Waals surface area contributed by atoms with Crippen LogP contribution in [-0.2, 0) is 18.4 Å². The van der Waals surface area contributed by atoms with Crippen molar-refractivity contribution in [2.45, 2.75) is 20.3 Å². The summed E-state index contributed by atoms with van der Waals surface area (Å²) in [6.07, 6.45) is 2.52. The lowest BCUT2D eigenvalue weighted by Gasteiger charge is -2.31. The molecule has 0 fully saturated rings. The minimum atomic E-state index is -2.97. The molecule has 0 aromatic heterocycles. The highest BCUT2D eigenvalue weighted by atomic mass is 35.5. The van der Waals surface area contributed by atoms with E-state index in [-0.39, 0.29) is 18.3 Å². The van der Waals surface area contributed by atoms with Crippen LogP contribution < -0.4 is 17.7 Å². The van der Waals surface area contributed by atoms with Gasteiger partial charge in [-0.15, -0.1) is 0 Å². The smallest absolute Gasteiger partial charge is 0.336 e. The lowest BCUT2D eigenvalue weighted by Crippen LogP contribution is -3.00. The van der Waals surface area contributed by atoms with Gasteiger partial charge in [-0.05, 0) is 19.9 Å². The van der Waals surface area contributed by atoms with E-state index in [0.29, 0.717) is 36.9 Å². The van der Waals surface area contributed by atoms with E-state index in [0.717, 1.165) is 13.0 Å². The summed E-state index contributed by atoms with van der Waals surface area (Å²) in [5, 5.41) is 2.75. The van der Waals surface area contributed by atoms with Crippen molar-refractivity contribution in [1.29, 1.82) is 0 Å². The van der Waals surface area contributed by atoms with Crippen LogP contribution >= 0.6 is 7.60 Å². The summed E-state index contributed by atoms with van der Waals surface area (Å²) in [7, 11) is 1.16. The first-order chi connectivity index (χ1) is 9.78. The fourth-order valence-corrected chi connectivity index (χ4v) is 3.76. The summed E-state index contributed by atoms with van der Waals surface area (Å²) in [5.41, 5.74) is 0. The molecule has 6 nitrogen and oxygen atoms in total. The monoisotopic (exact) mass is 356 g/mol. The van der Waals surface area contributed by atoms with Gasteiger partial charge < -0.3 is 31.3 Å². The SMILES string of the molecule is C=CC(=O)NCCC[N+](C)(C)CCP(=O)(OCC)OCC.[Cl-]. The van der Waals surface area contributed by atoms with E-state index in [1.165, 1.54) is 6.08 Å². The van der Waals surface area contributed by atoms with Crippen LogP contribution in [0.3, 0.4) is 0 Å². The summed E-state index contributed by atoms with van der Waals surface area (Å²) in [5.74, 6) is -0.155. The molecule has 0 aliphatic carbocycles. The van der Waals surface area contributed by atoms with Gasteiger partial charge in [-0.2, -0.15) is 0 Å². The Labute approximate surface area is 140 Å². The van der Waals surface area contributed by atoms with Crippen LogP contribution in [0.2, 0.25) is 0 Å². The molecule has 132 valence electrons. The first-order valence-corrected chi connectivity index (χ1v) is 9.11. The number of nitrogens with one attached hydrogen (secondary N) is 1. The molecule has 0 radical (unpaired) electrons. The van der Waals surface area contributed by atoms with E-state index in [2.05, 4.69) is 26.0 Å². The predicted molar refractivity (Wildman–Crippen MR) is 85.4 cm³/mol. The fourth-order valence-electron chi connectivity index (χ4n) is 1.86. The largest absolute Gasteiger partial charge is 1.00 e. The van der Waals surface area contributed by atoms with Gasteiger partial charge in [-0.3, -0.25) is 9.36 Å². The van der Waals surface area contributed by atoms with Gasteiger partial charge in [0.15, 0.2) is 0 Å². The number of carbonyl (C=O) groups excluding carboxylic acids is 1. The molecule has 1 N–H and O–H groups in total. The Balaban J connectivity index is 0. The molecule has 0 saturated carbocycles. The van der Waals surface area contributed by atoms with Crippen molar-refractivity contribution in [3.05, 3.63) is 12.7 Å². The first-order valence-electron chi connectivity index (χ1n) is 7.39. The molecule has 1 amide bonds. The van der Waals surface area contributed by atoms with Crippen LogP contribution in [0.4, 0.5) is 0 Å². The Kier molecular flexibility index (Phi) is 13.1. The lowest BCUT2D eigenvalue weighted by atomic mass is 10.3. The van der Waals surface area contributed by atoms with Gasteiger partial charge in [-0.1, -0.05) is 6.58 Å². The van der Waals surface area contributed by atoms with Crippen LogP contribution in [0.5, 0.6) is 0 Å². The maximum Gasteiger partial charge on any atom is 0.336 e. The summed E-state index contributed by atoms with van der Waals surface area (Å²) >= 11 is 0. The second kappa shape index (κ2) is 12.1. The van der Waals surface area contributed by atoms with E-state index in [9.17, 15) is 9.36 Å². The molecular formula is C14H30ClN2O4P. The third kappa shape index (κ3) is 11.2. The molecule has 0 unspecified atom stereocenters. The van der Waals surface area contributed by atoms with Crippen LogP contribution in [0.1, 0.15) is 20.3 Å². The summed E-state index contributed by atoms with van der Waals surface area (Å²) in [6.45, 7) is 9.99. The number of hydrogen-bond donors (Lipinski definition) is 1. The summed E-state index contributed by atoms with van der Waals surface area (Å²) in [6, 6.07) is 0. The molecule has 0 spiro atoms. The van der Waals surface area contributed by atoms with E-state index in [4.69, 9.17) is 9.05 Å². The van der Waals surface area contributed by atoms with Gasteiger partial charge in [0.1, 0.15) is 0 Å². The van der Waals surface area contributed by atoms with Gasteiger partial charge in [0.25, 0.3) is 0 Å². The second-order valence-electron chi connectivity index (χ2n) is 5.40. The van der Waals surface area contributed by atoms with E-state index < -0.39 is 7.60 Å². The first kappa shape index (κ1) is 23.9. The number of hydrogen-bond acceptors (Lipinski definition) is 4. The number of quaternary nitrogens is 1. The zero-order chi connectivity index (χ0) is 16.4. The van der Waals surface area contributed by atoms with Crippen molar-refractivity contribution < 1.29 is 35.3 Å². The second-order valence-corrected chi connectivity index (χ2v) is 7.59. The minimum Gasteiger partial charge on any atom is -1.00 e. The molecule has 0 atom stereocenters. The average Bonchev–Trinajstić information content (AvgIpc) is 2.42. The molecule has 0 aliphatic rings. The molecule has 0 aliphatic heterocycles. The molecule has 0 aromatic carbocycles.